The minimum atomic E-state index is 0.0368. The number of aryl methyl sites for hydroxylation is 1. The molecule has 2 rings (SSSR count). The highest BCUT2D eigenvalue weighted by Crippen LogP contribution is 2.37. The van der Waals surface area contributed by atoms with Crippen molar-refractivity contribution in [3.8, 4) is 5.75 Å². The number of methoxy groups -OCH3 is 1. The summed E-state index contributed by atoms with van der Waals surface area (Å²) < 4.78 is 6.41. The molecule has 0 bridgehead atoms. The van der Waals surface area contributed by atoms with Gasteiger partial charge in [0.15, 0.2) is 0 Å². The first kappa shape index (κ1) is 11.9. The van der Waals surface area contributed by atoms with Gasteiger partial charge in [-0.25, -0.2) is 0 Å². The van der Waals surface area contributed by atoms with Gasteiger partial charge in [0.2, 0.25) is 0 Å². The molecule has 0 heterocycles. The van der Waals surface area contributed by atoms with E-state index in [0.717, 1.165) is 28.6 Å². The Labute approximate surface area is 105 Å². The first-order valence-corrected chi connectivity index (χ1v) is 6.55. The average Bonchev–Trinajstić information content (AvgIpc) is 2.54. The summed E-state index contributed by atoms with van der Waals surface area (Å²) >= 11 is 3.62. The SMILES string of the molecule is COc1c(CO)cc2c(c1Br)CCCCC2. The fourth-order valence-corrected chi connectivity index (χ4v) is 3.28. The van der Waals surface area contributed by atoms with Crippen LogP contribution in [0.2, 0.25) is 0 Å². The molecule has 0 aromatic heterocycles. The third-order valence-electron chi connectivity index (χ3n) is 3.24. The second-order valence-electron chi connectivity index (χ2n) is 4.24. The van der Waals surface area contributed by atoms with Crippen molar-refractivity contribution in [2.75, 3.05) is 7.11 Å². The lowest BCUT2D eigenvalue weighted by molar-refractivity contribution is 0.273. The molecule has 1 aromatic rings. The van der Waals surface area contributed by atoms with Gasteiger partial charge in [-0.2, -0.15) is 0 Å². The van der Waals surface area contributed by atoms with E-state index >= 15 is 0 Å². The Bertz CT molecular complexity index is 388. The van der Waals surface area contributed by atoms with Gasteiger partial charge in [-0.15, -0.1) is 0 Å². The van der Waals surface area contributed by atoms with Gasteiger partial charge in [-0.05, 0) is 58.8 Å². The molecule has 0 radical (unpaired) electrons. The second kappa shape index (κ2) is 5.19. The number of ether oxygens (including phenoxy) is 1. The molecule has 1 aromatic carbocycles. The molecule has 0 fully saturated rings. The molecular weight excluding hydrogens is 268 g/mol. The number of aliphatic hydroxyl groups is 1. The van der Waals surface area contributed by atoms with Crippen molar-refractivity contribution >= 4 is 15.9 Å². The van der Waals surface area contributed by atoms with Crippen LogP contribution in [0.3, 0.4) is 0 Å². The monoisotopic (exact) mass is 284 g/mol. The molecule has 0 spiro atoms. The first-order valence-electron chi connectivity index (χ1n) is 5.76. The highest BCUT2D eigenvalue weighted by atomic mass is 79.9. The molecule has 0 amide bonds. The predicted octanol–water partition coefficient (Wildman–Crippen LogP) is 3.22. The molecule has 0 saturated carbocycles. The Morgan fingerprint density at radius 3 is 2.75 bits per heavy atom. The smallest absolute Gasteiger partial charge is 0.138 e. The van der Waals surface area contributed by atoms with E-state index in [1.54, 1.807) is 7.11 Å². The molecule has 1 aliphatic carbocycles. The Balaban J connectivity index is 2.54. The number of hydrogen-bond donors (Lipinski definition) is 1. The van der Waals surface area contributed by atoms with E-state index in [1.807, 2.05) is 0 Å². The molecule has 0 unspecified atom stereocenters. The number of rotatable bonds is 2. The molecule has 3 heteroatoms. The zero-order valence-corrected chi connectivity index (χ0v) is 11.1. The molecule has 88 valence electrons. The number of aliphatic hydroxyl groups excluding tert-OH is 1. The zero-order valence-electron chi connectivity index (χ0n) is 9.55. The quantitative estimate of drug-likeness (QED) is 0.845. The Hall–Kier alpha value is -0.540. The number of fused-ring (bicyclic) bond motifs is 1. The van der Waals surface area contributed by atoms with E-state index in [0.29, 0.717) is 0 Å². The Morgan fingerprint density at radius 1 is 1.31 bits per heavy atom. The molecular formula is C13H17BrO2. The summed E-state index contributed by atoms with van der Waals surface area (Å²) in [7, 11) is 1.66. The van der Waals surface area contributed by atoms with Crippen LogP contribution in [-0.2, 0) is 19.4 Å². The summed E-state index contributed by atoms with van der Waals surface area (Å²) in [5.41, 5.74) is 3.62. The summed E-state index contributed by atoms with van der Waals surface area (Å²) in [4.78, 5) is 0. The van der Waals surface area contributed by atoms with E-state index in [-0.39, 0.29) is 6.61 Å². The fourth-order valence-electron chi connectivity index (χ4n) is 2.41. The van der Waals surface area contributed by atoms with Crippen LogP contribution in [0.15, 0.2) is 10.5 Å². The van der Waals surface area contributed by atoms with Crippen LogP contribution in [0.1, 0.15) is 36.0 Å². The average molecular weight is 285 g/mol. The summed E-state index contributed by atoms with van der Waals surface area (Å²) in [6, 6.07) is 2.10. The van der Waals surface area contributed by atoms with E-state index < -0.39 is 0 Å². The van der Waals surface area contributed by atoms with Crippen molar-refractivity contribution in [2.24, 2.45) is 0 Å². The zero-order chi connectivity index (χ0) is 11.5. The summed E-state index contributed by atoms with van der Waals surface area (Å²) in [5, 5.41) is 9.35. The summed E-state index contributed by atoms with van der Waals surface area (Å²) in [5.74, 6) is 0.795. The maximum Gasteiger partial charge on any atom is 0.138 e. The number of halogens is 1. The highest BCUT2D eigenvalue weighted by Gasteiger charge is 2.17. The van der Waals surface area contributed by atoms with Gasteiger partial charge in [0, 0.05) is 5.56 Å². The largest absolute Gasteiger partial charge is 0.495 e. The number of hydrogen-bond acceptors (Lipinski definition) is 2. The van der Waals surface area contributed by atoms with Crippen LogP contribution >= 0.6 is 15.9 Å². The molecule has 1 aliphatic rings. The minimum absolute atomic E-state index is 0.0368. The van der Waals surface area contributed by atoms with Gasteiger partial charge in [0.1, 0.15) is 5.75 Å². The first-order chi connectivity index (χ1) is 7.77. The van der Waals surface area contributed by atoms with Crippen LogP contribution in [0.25, 0.3) is 0 Å². The van der Waals surface area contributed by atoms with Crippen molar-refractivity contribution in [3.63, 3.8) is 0 Å². The Morgan fingerprint density at radius 2 is 2.06 bits per heavy atom. The topological polar surface area (TPSA) is 29.5 Å². The maximum absolute atomic E-state index is 9.35. The third-order valence-corrected chi connectivity index (χ3v) is 4.08. The van der Waals surface area contributed by atoms with Gasteiger partial charge >= 0.3 is 0 Å². The molecule has 0 atom stereocenters. The standard InChI is InChI=1S/C13H17BrO2/c1-16-13-10(8-15)7-9-5-3-2-4-6-11(9)12(13)14/h7,15H,2-6,8H2,1H3. The van der Waals surface area contributed by atoms with Crippen molar-refractivity contribution in [3.05, 3.63) is 27.2 Å². The van der Waals surface area contributed by atoms with Crippen molar-refractivity contribution in [1.82, 2.24) is 0 Å². The van der Waals surface area contributed by atoms with Gasteiger partial charge in [0.05, 0.1) is 18.2 Å². The number of benzene rings is 1. The van der Waals surface area contributed by atoms with Crippen LogP contribution in [0, 0.1) is 0 Å². The normalized spacial score (nSPS) is 15.4. The molecule has 0 saturated heterocycles. The maximum atomic E-state index is 9.35. The van der Waals surface area contributed by atoms with E-state index in [2.05, 4.69) is 22.0 Å². The van der Waals surface area contributed by atoms with Gasteiger partial charge in [-0.1, -0.05) is 6.42 Å². The minimum Gasteiger partial charge on any atom is -0.495 e. The summed E-state index contributed by atoms with van der Waals surface area (Å²) in [6.45, 7) is 0.0368. The van der Waals surface area contributed by atoms with Crippen molar-refractivity contribution in [2.45, 2.75) is 38.7 Å². The molecule has 16 heavy (non-hydrogen) atoms. The van der Waals surface area contributed by atoms with E-state index in [1.165, 1.54) is 30.4 Å². The van der Waals surface area contributed by atoms with Crippen molar-refractivity contribution < 1.29 is 9.84 Å². The molecule has 1 N–H and O–H groups in total. The van der Waals surface area contributed by atoms with E-state index in [9.17, 15) is 5.11 Å². The van der Waals surface area contributed by atoms with Gasteiger partial charge < -0.3 is 9.84 Å². The fraction of sp³-hybridized carbons (Fsp3) is 0.538. The summed E-state index contributed by atoms with van der Waals surface area (Å²) in [6.07, 6.45) is 6.00. The van der Waals surface area contributed by atoms with Gasteiger partial charge in [-0.3, -0.25) is 0 Å². The van der Waals surface area contributed by atoms with Crippen molar-refractivity contribution in [1.29, 1.82) is 0 Å². The third kappa shape index (κ3) is 2.11. The second-order valence-corrected chi connectivity index (χ2v) is 5.03. The van der Waals surface area contributed by atoms with Crippen LogP contribution in [-0.4, -0.2) is 12.2 Å². The van der Waals surface area contributed by atoms with Gasteiger partial charge in [0.25, 0.3) is 0 Å². The lowest BCUT2D eigenvalue weighted by Crippen LogP contribution is -2.01. The van der Waals surface area contributed by atoms with E-state index in [4.69, 9.17) is 4.74 Å². The molecule has 0 aliphatic heterocycles. The Kier molecular flexibility index (Phi) is 3.87. The lowest BCUT2D eigenvalue weighted by atomic mass is 9.99. The lowest BCUT2D eigenvalue weighted by Gasteiger charge is -2.15. The highest BCUT2D eigenvalue weighted by molar-refractivity contribution is 9.10. The molecule has 2 nitrogen and oxygen atoms in total. The van der Waals surface area contributed by atoms with Crippen LogP contribution in [0.4, 0.5) is 0 Å². The van der Waals surface area contributed by atoms with Crippen LogP contribution < -0.4 is 4.74 Å². The predicted molar refractivity (Wildman–Crippen MR) is 67.9 cm³/mol. The van der Waals surface area contributed by atoms with Crippen LogP contribution in [0.5, 0.6) is 5.75 Å².